The fourth-order valence-electron chi connectivity index (χ4n) is 2.16. The van der Waals surface area contributed by atoms with Gasteiger partial charge in [-0.1, -0.05) is 23.7 Å². The maximum atomic E-state index is 6.01. The molecule has 0 fully saturated rings. The molecule has 0 atom stereocenters. The Labute approximate surface area is 123 Å². The molecule has 0 amide bonds. The van der Waals surface area contributed by atoms with Crippen LogP contribution in [-0.2, 0) is 17.8 Å². The van der Waals surface area contributed by atoms with Crippen molar-refractivity contribution in [2.24, 2.45) is 0 Å². The first kappa shape index (κ1) is 14.4. The zero-order valence-electron chi connectivity index (χ0n) is 11.3. The molecule has 0 aliphatic heterocycles. The largest absolute Gasteiger partial charge is 0.308 e. The lowest BCUT2D eigenvalue weighted by Crippen LogP contribution is -2.26. The molecule has 2 rings (SSSR count). The van der Waals surface area contributed by atoms with Crippen LogP contribution in [0.4, 0.5) is 0 Å². The van der Waals surface area contributed by atoms with Crippen molar-refractivity contribution < 1.29 is 0 Å². The Morgan fingerprint density at radius 2 is 1.84 bits per heavy atom. The quantitative estimate of drug-likeness (QED) is 0.801. The van der Waals surface area contributed by atoms with Crippen LogP contribution >= 0.6 is 23.2 Å². The number of hydrogen-bond donors (Lipinski definition) is 0. The molecule has 0 spiro atoms. The highest BCUT2D eigenvalue weighted by Crippen LogP contribution is 2.22. The van der Waals surface area contributed by atoms with E-state index in [1.54, 1.807) is 0 Å². The Morgan fingerprint density at radius 3 is 2.42 bits per heavy atom. The molecule has 102 valence electrons. The van der Waals surface area contributed by atoms with Gasteiger partial charge < -0.3 is 4.57 Å². The molecule has 0 aliphatic rings. The van der Waals surface area contributed by atoms with Crippen molar-refractivity contribution in [1.29, 1.82) is 0 Å². The third-order valence-corrected chi connectivity index (χ3v) is 3.31. The van der Waals surface area contributed by atoms with Crippen LogP contribution in [0.2, 0.25) is 5.02 Å². The average Bonchev–Trinajstić information content (AvgIpc) is 2.71. The van der Waals surface area contributed by atoms with Gasteiger partial charge in [-0.2, -0.15) is 0 Å². The number of aromatic nitrogens is 3. The normalized spacial score (nSPS) is 11.8. The van der Waals surface area contributed by atoms with Gasteiger partial charge in [-0.05, 0) is 38.5 Å². The van der Waals surface area contributed by atoms with Gasteiger partial charge in [-0.3, -0.25) is 0 Å². The highest BCUT2D eigenvalue weighted by atomic mass is 35.5. The van der Waals surface area contributed by atoms with E-state index in [0.29, 0.717) is 12.3 Å². The Balaban J connectivity index is 2.38. The lowest BCUT2D eigenvalue weighted by Gasteiger charge is -2.24. The summed E-state index contributed by atoms with van der Waals surface area (Å²) >= 11 is 11.9. The number of hydrogen-bond acceptors (Lipinski definition) is 2. The van der Waals surface area contributed by atoms with Crippen LogP contribution in [0.1, 0.15) is 38.0 Å². The van der Waals surface area contributed by atoms with Gasteiger partial charge in [0.2, 0.25) is 0 Å². The Kier molecular flexibility index (Phi) is 4.16. The molecule has 0 unspecified atom stereocenters. The molecule has 5 heteroatoms. The molecular weight excluding hydrogens is 281 g/mol. The van der Waals surface area contributed by atoms with E-state index in [1.807, 2.05) is 24.3 Å². The van der Waals surface area contributed by atoms with Gasteiger partial charge in [-0.25, -0.2) is 0 Å². The van der Waals surface area contributed by atoms with Gasteiger partial charge in [0.15, 0.2) is 0 Å². The Hall–Kier alpha value is -1.06. The molecule has 19 heavy (non-hydrogen) atoms. The number of rotatable bonds is 3. The second-order valence-electron chi connectivity index (χ2n) is 5.48. The highest BCUT2D eigenvalue weighted by Gasteiger charge is 2.22. The van der Waals surface area contributed by atoms with Crippen LogP contribution < -0.4 is 0 Å². The van der Waals surface area contributed by atoms with E-state index in [2.05, 4.69) is 35.5 Å². The fourth-order valence-corrected chi connectivity index (χ4v) is 2.54. The van der Waals surface area contributed by atoms with E-state index >= 15 is 0 Å². The first-order valence-corrected chi connectivity index (χ1v) is 7.07. The molecule has 0 radical (unpaired) electrons. The highest BCUT2D eigenvalue weighted by molar-refractivity contribution is 6.30. The second-order valence-corrected chi connectivity index (χ2v) is 6.18. The van der Waals surface area contributed by atoms with E-state index < -0.39 is 0 Å². The minimum atomic E-state index is -0.0956. The molecule has 0 saturated heterocycles. The van der Waals surface area contributed by atoms with Crippen molar-refractivity contribution in [3.8, 4) is 0 Å². The fraction of sp³-hybridized carbons (Fsp3) is 0.429. The van der Waals surface area contributed by atoms with E-state index in [-0.39, 0.29) is 5.54 Å². The molecule has 0 saturated carbocycles. The molecular formula is C14H17Cl2N3. The minimum Gasteiger partial charge on any atom is -0.308 e. The summed E-state index contributed by atoms with van der Waals surface area (Å²) in [4.78, 5) is 0. The van der Waals surface area contributed by atoms with E-state index in [4.69, 9.17) is 23.2 Å². The molecule has 3 nitrogen and oxygen atoms in total. The van der Waals surface area contributed by atoms with Crippen LogP contribution in [-0.4, -0.2) is 14.8 Å². The topological polar surface area (TPSA) is 30.7 Å². The summed E-state index contributed by atoms with van der Waals surface area (Å²) in [7, 11) is 0. The number of alkyl halides is 1. The lowest BCUT2D eigenvalue weighted by molar-refractivity contribution is 0.375. The Bertz CT molecular complexity index is 570. The summed E-state index contributed by atoms with van der Waals surface area (Å²) in [6.45, 7) is 6.36. The molecule has 1 aromatic heterocycles. The van der Waals surface area contributed by atoms with E-state index in [0.717, 1.165) is 22.2 Å². The SMILES string of the molecule is CC(C)(C)n1c(CCl)nnc1Cc1cccc(Cl)c1. The van der Waals surface area contributed by atoms with Crippen LogP contribution in [0.15, 0.2) is 24.3 Å². The zero-order chi connectivity index (χ0) is 14.0. The average molecular weight is 298 g/mol. The van der Waals surface area contributed by atoms with Crippen molar-refractivity contribution in [2.45, 2.75) is 38.6 Å². The maximum absolute atomic E-state index is 6.01. The number of benzene rings is 1. The van der Waals surface area contributed by atoms with Gasteiger partial charge in [0.25, 0.3) is 0 Å². The van der Waals surface area contributed by atoms with Crippen LogP contribution in [0.3, 0.4) is 0 Å². The van der Waals surface area contributed by atoms with Crippen molar-refractivity contribution in [2.75, 3.05) is 0 Å². The summed E-state index contributed by atoms with van der Waals surface area (Å²) in [6.07, 6.45) is 0.696. The van der Waals surface area contributed by atoms with Gasteiger partial charge in [0, 0.05) is 17.0 Å². The first-order chi connectivity index (χ1) is 8.91. The predicted molar refractivity (Wildman–Crippen MR) is 78.8 cm³/mol. The summed E-state index contributed by atoms with van der Waals surface area (Å²) in [5.41, 5.74) is 1.02. The van der Waals surface area contributed by atoms with Crippen molar-refractivity contribution >= 4 is 23.2 Å². The summed E-state index contributed by atoms with van der Waals surface area (Å²) in [5, 5.41) is 9.16. The zero-order valence-corrected chi connectivity index (χ0v) is 12.8. The Morgan fingerprint density at radius 1 is 1.16 bits per heavy atom. The number of halogens is 2. The third kappa shape index (κ3) is 3.28. The molecule has 1 aromatic carbocycles. The molecule has 0 bridgehead atoms. The van der Waals surface area contributed by atoms with Gasteiger partial charge >= 0.3 is 0 Å². The first-order valence-electron chi connectivity index (χ1n) is 6.16. The summed E-state index contributed by atoms with van der Waals surface area (Å²) in [6, 6.07) is 7.79. The standard InChI is InChI=1S/C14H17Cl2N3/c1-14(2,3)19-12(17-18-13(19)9-15)8-10-5-4-6-11(16)7-10/h4-7H,8-9H2,1-3H3. The van der Waals surface area contributed by atoms with Crippen molar-refractivity contribution in [3.05, 3.63) is 46.5 Å². The van der Waals surface area contributed by atoms with Gasteiger partial charge in [0.1, 0.15) is 11.6 Å². The molecule has 0 N–H and O–H groups in total. The monoisotopic (exact) mass is 297 g/mol. The van der Waals surface area contributed by atoms with Crippen LogP contribution in [0.5, 0.6) is 0 Å². The van der Waals surface area contributed by atoms with Crippen LogP contribution in [0, 0.1) is 0 Å². The van der Waals surface area contributed by atoms with Gasteiger partial charge in [-0.15, -0.1) is 21.8 Å². The predicted octanol–water partition coefficient (Wildman–Crippen LogP) is 4.02. The molecule has 0 aliphatic carbocycles. The molecule has 2 aromatic rings. The summed E-state index contributed by atoms with van der Waals surface area (Å²) < 4.78 is 2.10. The maximum Gasteiger partial charge on any atom is 0.148 e. The second kappa shape index (κ2) is 5.51. The van der Waals surface area contributed by atoms with E-state index in [9.17, 15) is 0 Å². The van der Waals surface area contributed by atoms with Crippen molar-refractivity contribution in [1.82, 2.24) is 14.8 Å². The summed E-state index contributed by atoms with van der Waals surface area (Å²) in [5.74, 6) is 2.07. The number of nitrogens with zero attached hydrogens (tertiary/aromatic N) is 3. The third-order valence-electron chi connectivity index (χ3n) is 2.84. The van der Waals surface area contributed by atoms with Crippen LogP contribution in [0.25, 0.3) is 0 Å². The smallest absolute Gasteiger partial charge is 0.148 e. The van der Waals surface area contributed by atoms with Gasteiger partial charge in [0.05, 0.1) is 5.88 Å². The van der Waals surface area contributed by atoms with Crippen molar-refractivity contribution in [3.63, 3.8) is 0 Å². The molecule has 1 heterocycles. The van der Waals surface area contributed by atoms with E-state index in [1.165, 1.54) is 0 Å². The minimum absolute atomic E-state index is 0.0956. The lowest BCUT2D eigenvalue weighted by atomic mass is 10.1.